The molecule has 1 aromatic carbocycles. The number of nitrogens with zero attached hydrogens (tertiary/aromatic N) is 4. The summed E-state index contributed by atoms with van der Waals surface area (Å²) in [5.74, 6) is -0.238. The summed E-state index contributed by atoms with van der Waals surface area (Å²) in [6.45, 7) is 0.617. The van der Waals surface area contributed by atoms with E-state index >= 15 is 0 Å². The molecule has 0 unspecified atom stereocenters. The Morgan fingerprint density at radius 3 is 2.59 bits per heavy atom. The van der Waals surface area contributed by atoms with Crippen LogP contribution in [-0.4, -0.2) is 33.3 Å². The number of ether oxygens (including phenoxy) is 1. The summed E-state index contributed by atoms with van der Waals surface area (Å²) in [5, 5.41) is 10.9. The quantitative estimate of drug-likeness (QED) is 0.715. The molecule has 17 heavy (non-hydrogen) atoms. The van der Waals surface area contributed by atoms with Crippen LogP contribution in [0.1, 0.15) is 11.1 Å². The third kappa shape index (κ3) is 3.10. The highest BCUT2D eigenvalue weighted by Gasteiger charge is 2.03. The Bertz CT molecular complexity index is 479. The lowest BCUT2D eigenvalue weighted by molar-refractivity contribution is -0.139. The van der Waals surface area contributed by atoms with Crippen LogP contribution in [0.15, 0.2) is 30.6 Å². The molecule has 0 aliphatic rings. The molecule has 0 amide bonds. The summed E-state index contributed by atoms with van der Waals surface area (Å²) < 4.78 is 6.23. The number of hydrogen-bond donors (Lipinski definition) is 0. The van der Waals surface area contributed by atoms with Crippen LogP contribution in [0.25, 0.3) is 0 Å². The van der Waals surface area contributed by atoms with Crippen molar-refractivity contribution < 1.29 is 9.53 Å². The lowest BCUT2D eigenvalue weighted by Gasteiger charge is -2.03. The van der Waals surface area contributed by atoms with Crippen LogP contribution in [-0.2, 0) is 22.5 Å². The van der Waals surface area contributed by atoms with Crippen molar-refractivity contribution in [2.75, 3.05) is 7.11 Å². The van der Waals surface area contributed by atoms with E-state index in [1.807, 2.05) is 24.3 Å². The van der Waals surface area contributed by atoms with Gasteiger partial charge in [0.15, 0.2) is 0 Å². The maximum Gasteiger partial charge on any atom is 0.309 e. The van der Waals surface area contributed by atoms with E-state index < -0.39 is 0 Å². The van der Waals surface area contributed by atoms with Crippen LogP contribution in [0, 0.1) is 0 Å². The van der Waals surface area contributed by atoms with E-state index in [0.717, 1.165) is 11.1 Å². The van der Waals surface area contributed by atoms with Gasteiger partial charge in [-0.3, -0.25) is 4.79 Å². The maximum absolute atomic E-state index is 11.1. The molecule has 88 valence electrons. The van der Waals surface area contributed by atoms with E-state index in [0.29, 0.717) is 13.0 Å². The van der Waals surface area contributed by atoms with Crippen molar-refractivity contribution in [1.82, 2.24) is 20.2 Å². The van der Waals surface area contributed by atoms with Gasteiger partial charge in [-0.05, 0) is 21.6 Å². The van der Waals surface area contributed by atoms with E-state index in [4.69, 9.17) is 0 Å². The SMILES string of the molecule is COC(=O)Cc1ccc(Cn2cnnn2)cc1. The number of carbonyl (C=O) groups excluding carboxylic acids is 1. The summed E-state index contributed by atoms with van der Waals surface area (Å²) in [6.07, 6.45) is 1.85. The fourth-order valence-electron chi connectivity index (χ4n) is 1.44. The first-order valence-electron chi connectivity index (χ1n) is 5.13. The fourth-order valence-corrected chi connectivity index (χ4v) is 1.44. The van der Waals surface area contributed by atoms with Gasteiger partial charge in [0, 0.05) is 0 Å². The molecule has 1 heterocycles. The van der Waals surface area contributed by atoms with Crippen molar-refractivity contribution in [3.05, 3.63) is 41.7 Å². The minimum atomic E-state index is -0.238. The monoisotopic (exact) mass is 232 g/mol. The number of tetrazole rings is 1. The lowest BCUT2D eigenvalue weighted by Crippen LogP contribution is -2.05. The molecule has 0 saturated carbocycles. The van der Waals surface area contributed by atoms with Crippen molar-refractivity contribution in [2.45, 2.75) is 13.0 Å². The number of rotatable bonds is 4. The Hall–Kier alpha value is -2.24. The van der Waals surface area contributed by atoms with Gasteiger partial charge in [0.1, 0.15) is 6.33 Å². The largest absolute Gasteiger partial charge is 0.469 e. The molecule has 0 radical (unpaired) electrons. The Morgan fingerprint density at radius 2 is 2.00 bits per heavy atom. The summed E-state index contributed by atoms with van der Waals surface area (Å²) in [7, 11) is 1.38. The molecule has 0 atom stereocenters. The molecule has 2 rings (SSSR count). The van der Waals surface area contributed by atoms with E-state index in [1.54, 1.807) is 11.0 Å². The van der Waals surface area contributed by atoms with Gasteiger partial charge in [0.25, 0.3) is 0 Å². The zero-order valence-corrected chi connectivity index (χ0v) is 9.41. The van der Waals surface area contributed by atoms with Gasteiger partial charge >= 0.3 is 5.97 Å². The van der Waals surface area contributed by atoms with E-state index in [2.05, 4.69) is 20.3 Å². The molecular weight excluding hydrogens is 220 g/mol. The van der Waals surface area contributed by atoms with Gasteiger partial charge in [-0.15, -0.1) is 5.10 Å². The second-order valence-electron chi connectivity index (χ2n) is 3.58. The summed E-state index contributed by atoms with van der Waals surface area (Å²) in [4.78, 5) is 11.1. The number of benzene rings is 1. The van der Waals surface area contributed by atoms with Crippen LogP contribution in [0.4, 0.5) is 0 Å². The molecule has 0 fully saturated rings. The average molecular weight is 232 g/mol. The van der Waals surface area contributed by atoms with Crippen molar-refractivity contribution >= 4 is 5.97 Å². The number of aromatic nitrogens is 4. The van der Waals surface area contributed by atoms with Gasteiger partial charge in [0.2, 0.25) is 0 Å². The molecule has 2 aromatic rings. The van der Waals surface area contributed by atoms with Crippen LogP contribution in [0.2, 0.25) is 0 Å². The molecule has 0 aliphatic carbocycles. The zero-order chi connectivity index (χ0) is 12.1. The molecule has 0 saturated heterocycles. The summed E-state index contributed by atoms with van der Waals surface area (Å²) in [6, 6.07) is 7.69. The van der Waals surface area contributed by atoms with Gasteiger partial charge in [-0.25, -0.2) is 4.68 Å². The van der Waals surface area contributed by atoms with Crippen LogP contribution < -0.4 is 0 Å². The maximum atomic E-state index is 11.1. The Labute approximate surface area is 98.2 Å². The molecular formula is C11H12N4O2. The molecule has 0 spiro atoms. The van der Waals surface area contributed by atoms with Crippen LogP contribution >= 0.6 is 0 Å². The van der Waals surface area contributed by atoms with Gasteiger partial charge in [0.05, 0.1) is 20.1 Å². The number of esters is 1. The van der Waals surface area contributed by atoms with E-state index in [9.17, 15) is 4.79 Å². The lowest BCUT2D eigenvalue weighted by atomic mass is 10.1. The smallest absolute Gasteiger partial charge is 0.309 e. The Kier molecular flexibility index (Phi) is 3.44. The van der Waals surface area contributed by atoms with Crippen LogP contribution in [0.3, 0.4) is 0 Å². The highest BCUT2D eigenvalue weighted by molar-refractivity contribution is 5.72. The van der Waals surface area contributed by atoms with Gasteiger partial charge < -0.3 is 4.74 Å². The zero-order valence-electron chi connectivity index (χ0n) is 9.41. The van der Waals surface area contributed by atoms with Crippen molar-refractivity contribution in [1.29, 1.82) is 0 Å². The highest BCUT2D eigenvalue weighted by Crippen LogP contribution is 2.06. The van der Waals surface area contributed by atoms with Gasteiger partial charge in [-0.2, -0.15) is 0 Å². The van der Waals surface area contributed by atoms with Crippen molar-refractivity contribution in [3.63, 3.8) is 0 Å². The third-order valence-corrected chi connectivity index (χ3v) is 2.34. The average Bonchev–Trinajstić information content (AvgIpc) is 2.84. The highest BCUT2D eigenvalue weighted by atomic mass is 16.5. The van der Waals surface area contributed by atoms with E-state index in [-0.39, 0.29) is 5.97 Å². The Balaban J connectivity index is 2.00. The first kappa shape index (κ1) is 11.3. The van der Waals surface area contributed by atoms with Crippen molar-refractivity contribution in [3.8, 4) is 0 Å². The normalized spacial score (nSPS) is 10.2. The standard InChI is InChI=1S/C11H12N4O2/c1-17-11(16)6-9-2-4-10(5-3-9)7-15-8-12-13-14-15/h2-5,8H,6-7H2,1H3. The van der Waals surface area contributed by atoms with Crippen molar-refractivity contribution in [2.24, 2.45) is 0 Å². The minimum Gasteiger partial charge on any atom is -0.469 e. The second-order valence-corrected chi connectivity index (χ2v) is 3.58. The molecule has 0 N–H and O–H groups in total. The predicted molar refractivity (Wildman–Crippen MR) is 59.1 cm³/mol. The third-order valence-electron chi connectivity index (χ3n) is 2.34. The van der Waals surface area contributed by atoms with Crippen LogP contribution in [0.5, 0.6) is 0 Å². The number of carbonyl (C=O) groups is 1. The minimum absolute atomic E-state index is 0.238. The second kappa shape index (κ2) is 5.20. The topological polar surface area (TPSA) is 69.9 Å². The van der Waals surface area contributed by atoms with Gasteiger partial charge in [-0.1, -0.05) is 24.3 Å². The number of methoxy groups -OCH3 is 1. The molecule has 0 bridgehead atoms. The van der Waals surface area contributed by atoms with E-state index in [1.165, 1.54) is 7.11 Å². The fraction of sp³-hybridized carbons (Fsp3) is 0.273. The molecule has 1 aromatic heterocycles. The number of hydrogen-bond acceptors (Lipinski definition) is 5. The molecule has 0 aliphatic heterocycles. The predicted octanol–water partition coefficient (Wildman–Crippen LogP) is 0.437. The first-order valence-corrected chi connectivity index (χ1v) is 5.13. The first-order chi connectivity index (χ1) is 8.28. The molecule has 6 nitrogen and oxygen atoms in total. The molecule has 6 heteroatoms. The summed E-state index contributed by atoms with van der Waals surface area (Å²) >= 11 is 0. The summed E-state index contributed by atoms with van der Waals surface area (Å²) in [5.41, 5.74) is 2.00. The Morgan fingerprint density at radius 1 is 1.29 bits per heavy atom.